The molecule has 0 saturated carbocycles. The molecule has 1 aliphatic heterocycles. The normalized spacial score (nSPS) is 16.2. The number of hydrogen-bond acceptors (Lipinski definition) is 4. The van der Waals surface area contributed by atoms with Gasteiger partial charge >= 0.3 is 0 Å². The van der Waals surface area contributed by atoms with Gasteiger partial charge in [0, 0.05) is 51.5 Å². The zero-order valence-corrected chi connectivity index (χ0v) is 19.6. The number of nitrogens with one attached hydrogen (secondary N) is 3. The van der Waals surface area contributed by atoms with E-state index in [-0.39, 0.29) is 35.9 Å². The highest BCUT2D eigenvalue weighted by Crippen LogP contribution is 2.25. The number of carbonyl (C=O) groups excluding carboxylic acids is 1. The summed E-state index contributed by atoms with van der Waals surface area (Å²) in [6.07, 6.45) is 2.74. The maximum atomic E-state index is 11.6. The average molecular weight is 529 g/mol. The molecule has 156 valence electrons. The number of amides is 1. The van der Waals surface area contributed by atoms with Gasteiger partial charge in [-0.1, -0.05) is 23.7 Å². The summed E-state index contributed by atoms with van der Waals surface area (Å²) >= 11 is 6.26. The van der Waals surface area contributed by atoms with Crippen molar-refractivity contribution in [3.8, 4) is 0 Å². The van der Waals surface area contributed by atoms with Crippen LogP contribution in [0.5, 0.6) is 0 Å². The Morgan fingerprint density at radius 1 is 1.31 bits per heavy atom. The largest absolute Gasteiger partial charge is 0.355 e. The molecule has 1 unspecified atom stereocenters. The highest BCUT2D eigenvalue weighted by Gasteiger charge is 2.25. The molecule has 2 heterocycles. The summed E-state index contributed by atoms with van der Waals surface area (Å²) in [4.78, 5) is 22.5. The summed E-state index contributed by atoms with van der Waals surface area (Å²) in [6, 6.07) is 11.5. The van der Waals surface area contributed by atoms with Gasteiger partial charge in [0.1, 0.15) is 5.82 Å². The number of benzene rings is 1. The summed E-state index contributed by atoms with van der Waals surface area (Å²) in [5.41, 5.74) is 1.72. The van der Waals surface area contributed by atoms with Crippen LogP contribution >= 0.6 is 35.6 Å². The number of aromatic nitrogens is 1. The number of nitrogens with zero attached hydrogens (tertiary/aromatic N) is 3. The van der Waals surface area contributed by atoms with Gasteiger partial charge in [0.25, 0.3) is 5.91 Å². The minimum atomic E-state index is -0.0872. The summed E-state index contributed by atoms with van der Waals surface area (Å²) in [7, 11) is 3.38. The molecule has 1 saturated heterocycles. The van der Waals surface area contributed by atoms with E-state index in [1.165, 1.54) is 0 Å². The summed E-state index contributed by atoms with van der Waals surface area (Å²) < 4.78 is 0. The molecule has 0 bridgehead atoms. The first-order valence-corrected chi connectivity index (χ1v) is 9.62. The maximum Gasteiger partial charge on any atom is 0.251 e. The van der Waals surface area contributed by atoms with E-state index >= 15 is 0 Å². The summed E-state index contributed by atoms with van der Waals surface area (Å²) in [6.45, 7) is 2.33. The molecule has 3 N–H and O–H groups in total. The first-order valence-electron chi connectivity index (χ1n) is 9.24. The molecule has 1 atom stereocenters. The Balaban J connectivity index is 0.00000300. The second-order valence-electron chi connectivity index (χ2n) is 6.59. The fraction of sp³-hybridized carbons (Fsp3) is 0.350. The van der Waals surface area contributed by atoms with E-state index in [1.54, 1.807) is 20.3 Å². The van der Waals surface area contributed by atoms with Crippen molar-refractivity contribution in [3.63, 3.8) is 0 Å². The number of aliphatic imine (C=N–C) groups is 1. The van der Waals surface area contributed by atoms with Crippen LogP contribution in [-0.4, -0.2) is 50.1 Å². The van der Waals surface area contributed by atoms with E-state index in [0.29, 0.717) is 17.1 Å². The molecule has 1 aromatic carbocycles. The van der Waals surface area contributed by atoms with E-state index in [4.69, 9.17) is 11.6 Å². The van der Waals surface area contributed by atoms with E-state index in [2.05, 4.69) is 30.8 Å². The van der Waals surface area contributed by atoms with Crippen LogP contribution in [0.2, 0.25) is 5.02 Å². The number of anilines is 1. The van der Waals surface area contributed by atoms with Gasteiger partial charge in [-0.3, -0.25) is 9.79 Å². The zero-order chi connectivity index (χ0) is 19.9. The lowest BCUT2D eigenvalue weighted by atomic mass is 10.1. The average Bonchev–Trinajstić information content (AvgIpc) is 3.19. The molecule has 29 heavy (non-hydrogen) atoms. The SMILES string of the molecule is CN=C(NCc1ccc(C(=O)NC)cc1)NC1CCN(c2ncccc2Cl)C1.I. The van der Waals surface area contributed by atoms with Crippen LogP contribution in [0.1, 0.15) is 22.3 Å². The number of hydrogen-bond donors (Lipinski definition) is 3. The van der Waals surface area contributed by atoms with Crippen molar-refractivity contribution < 1.29 is 4.79 Å². The molecule has 0 radical (unpaired) electrons. The second kappa shape index (κ2) is 11.2. The third-order valence-electron chi connectivity index (χ3n) is 4.69. The van der Waals surface area contributed by atoms with Gasteiger partial charge in [0.05, 0.1) is 5.02 Å². The van der Waals surface area contributed by atoms with Gasteiger partial charge in [0.15, 0.2) is 5.96 Å². The molecular weight excluding hydrogens is 503 g/mol. The standard InChI is InChI=1S/C20H25ClN6O.HI/c1-22-19(28)15-7-5-14(6-8-15)12-25-20(23-2)26-16-9-11-27(13-16)18-17(21)4-3-10-24-18;/h3-8,10,16H,9,11-13H2,1-2H3,(H,22,28)(H2,23,25,26);1H. The van der Waals surface area contributed by atoms with Crippen molar-refractivity contribution in [2.75, 3.05) is 32.1 Å². The Labute approximate surface area is 193 Å². The van der Waals surface area contributed by atoms with E-state index in [9.17, 15) is 4.79 Å². The van der Waals surface area contributed by atoms with E-state index < -0.39 is 0 Å². The molecule has 1 fully saturated rings. The van der Waals surface area contributed by atoms with E-state index in [1.807, 2.05) is 36.4 Å². The van der Waals surface area contributed by atoms with Gasteiger partial charge in [-0.15, -0.1) is 24.0 Å². The van der Waals surface area contributed by atoms with E-state index in [0.717, 1.165) is 36.9 Å². The Kier molecular flexibility index (Phi) is 8.97. The first-order chi connectivity index (χ1) is 13.6. The Hall–Kier alpha value is -2.07. The van der Waals surface area contributed by atoms with Gasteiger partial charge in [0.2, 0.25) is 0 Å². The van der Waals surface area contributed by atoms with Crippen LogP contribution in [0.25, 0.3) is 0 Å². The predicted molar refractivity (Wildman–Crippen MR) is 128 cm³/mol. The third kappa shape index (κ3) is 6.20. The molecular formula is C20H26ClIN6O. The lowest BCUT2D eigenvalue weighted by Gasteiger charge is -2.20. The van der Waals surface area contributed by atoms with Gasteiger partial charge in [-0.05, 0) is 36.2 Å². The monoisotopic (exact) mass is 528 g/mol. The maximum absolute atomic E-state index is 11.6. The third-order valence-corrected chi connectivity index (χ3v) is 4.99. The number of guanidine groups is 1. The summed E-state index contributed by atoms with van der Waals surface area (Å²) in [5.74, 6) is 1.48. The lowest BCUT2D eigenvalue weighted by Crippen LogP contribution is -2.44. The summed E-state index contributed by atoms with van der Waals surface area (Å²) in [5, 5.41) is 10.1. The topological polar surface area (TPSA) is 81.6 Å². The molecule has 0 aliphatic carbocycles. The first kappa shape index (κ1) is 23.2. The highest BCUT2D eigenvalue weighted by atomic mass is 127. The molecule has 1 amide bonds. The van der Waals surface area contributed by atoms with Crippen molar-refractivity contribution in [1.82, 2.24) is 20.9 Å². The van der Waals surface area contributed by atoms with Crippen molar-refractivity contribution in [3.05, 3.63) is 58.7 Å². The second-order valence-corrected chi connectivity index (χ2v) is 6.99. The van der Waals surface area contributed by atoms with Crippen molar-refractivity contribution in [1.29, 1.82) is 0 Å². The lowest BCUT2D eigenvalue weighted by molar-refractivity contribution is 0.0963. The predicted octanol–water partition coefficient (Wildman–Crippen LogP) is 2.66. The molecule has 9 heteroatoms. The Bertz CT molecular complexity index is 845. The van der Waals surface area contributed by atoms with Gasteiger partial charge in [-0.2, -0.15) is 0 Å². The van der Waals surface area contributed by atoms with Gasteiger partial charge in [-0.25, -0.2) is 4.98 Å². The molecule has 1 aromatic heterocycles. The quantitative estimate of drug-likeness (QED) is 0.316. The van der Waals surface area contributed by atoms with Crippen LogP contribution in [0.4, 0.5) is 5.82 Å². The Morgan fingerprint density at radius 2 is 2.07 bits per heavy atom. The molecule has 2 aromatic rings. The molecule has 7 nitrogen and oxygen atoms in total. The molecule has 3 rings (SSSR count). The van der Waals surface area contributed by atoms with Crippen LogP contribution in [0.3, 0.4) is 0 Å². The Morgan fingerprint density at radius 3 is 2.72 bits per heavy atom. The van der Waals surface area contributed by atoms with Gasteiger partial charge < -0.3 is 20.9 Å². The number of pyridine rings is 1. The number of halogens is 2. The van der Waals surface area contributed by atoms with Crippen LogP contribution in [0, 0.1) is 0 Å². The van der Waals surface area contributed by atoms with Crippen molar-refractivity contribution >= 4 is 53.3 Å². The molecule has 0 spiro atoms. The zero-order valence-electron chi connectivity index (χ0n) is 16.5. The highest BCUT2D eigenvalue weighted by molar-refractivity contribution is 14.0. The minimum Gasteiger partial charge on any atom is -0.355 e. The fourth-order valence-corrected chi connectivity index (χ4v) is 3.41. The smallest absolute Gasteiger partial charge is 0.251 e. The fourth-order valence-electron chi connectivity index (χ4n) is 3.17. The number of carbonyl (C=O) groups is 1. The van der Waals surface area contributed by atoms with Crippen LogP contribution < -0.4 is 20.9 Å². The van der Waals surface area contributed by atoms with Crippen molar-refractivity contribution in [2.24, 2.45) is 4.99 Å². The number of rotatable bonds is 5. The van der Waals surface area contributed by atoms with Crippen LogP contribution in [-0.2, 0) is 6.54 Å². The van der Waals surface area contributed by atoms with Crippen molar-refractivity contribution in [2.45, 2.75) is 19.0 Å². The van der Waals surface area contributed by atoms with Crippen LogP contribution in [0.15, 0.2) is 47.6 Å². The minimum absolute atomic E-state index is 0. The molecule has 1 aliphatic rings.